The first kappa shape index (κ1) is 9.71. The lowest BCUT2D eigenvalue weighted by molar-refractivity contribution is 0.616. The van der Waals surface area contributed by atoms with Gasteiger partial charge in [0.05, 0.1) is 6.20 Å². The van der Waals surface area contributed by atoms with Crippen molar-refractivity contribution in [2.45, 2.75) is 19.8 Å². The number of rotatable bonds is 4. The Morgan fingerprint density at radius 3 is 2.93 bits per heavy atom. The molecule has 0 bridgehead atoms. The van der Waals surface area contributed by atoms with Crippen molar-refractivity contribution in [1.82, 2.24) is 10.2 Å². The Balaban J connectivity index is 1.92. The number of alkyl halides is 1. The Kier molecular flexibility index (Phi) is 2.59. The van der Waals surface area contributed by atoms with Gasteiger partial charge in [-0.3, -0.25) is 0 Å². The molecule has 0 aromatic carbocycles. The van der Waals surface area contributed by atoms with Gasteiger partial charge in [-0.15, -0.1) is 16.7 Å². The summed E-state index contributed by atoms with van der Waals surface area (Å²) in [5, 5.41) is 11.2. The van der Waals surface area contributed by atoms with E-state index in [0.717, 1.165) is 23.8 Å². The summed E-state index contributed by atoms with van der Waals surface area (Å²) in [5.41, 5.74) is 1.45. The average molecular weight is 212 g/mol. The van der Waals surface area contributed by atoms with E-state index in [1.807, 2.05) is 13.0 Å². The number of nitrogens with one attached hydrogen (secondary N) is 1. The summed E-state index contributed by atoms with van der Waals surface area (Å²) >= 11 is 5.88. The molecule has 76 valence electrons. The fourth-order valence-corrected chi connectivity index (χ4v) is 1.72. The molecule has 1 fully saturated rings. The van der Waals surface area contributed by atoms with E-state index in [0.29, 0.717) is 5.41 Å². The molecular weight excluding hydrogens is 198 g/mol. The summed E-state index contributed by atoms with van der Waals surface area (Å²) in [7, 11) is 0. The number of nitrogens with zero attached hydrogens (tertiary/aromatic N) is 2. The summed E-state index contributed by atoms with van der Waals surface area (Å²) in [6, 6.07) is 2.00. The molecule has 2 rings (SSSR count). The number of hydrogen-bond donors (Lipinski definition) is 1. The third-order valence-electron chi connectivity index (χ3n) is 2.68. The van der Waals surface area contributed by atoms with Gasteiger partial charge in [0.15, 0.2) is 0 Å². The summed E-state index contributed by atoms with van der Waals surface area (Å²) < 4.78 is 0. The molecule has 0 spiro atoms. The minimum Gasteiger partial charge on any atom is -0.368 e. The molecule has 1 aromatic heterocycles. The maximum atomic E-state index is 5.88. The first-order chi connectivity index (χ1) is 6.74. The van der Waals surface area contributed by atoms with Crippen LogP contribution in [0.15, 0.2) is 12.3 Å². The molecule has 0 radical (unpaired) electrons. The second kappa shape index (κ2) is 3.73. The smallest absolute Gasteiger partial charge is 0.148 e. The van der Waals surface area contributed by atoms with Crippen molar-refractivity contribution in [3.8, 4) is 0 Å². The zero-order chi connectivity index (χ0) is 10.0. The van der Waals surface area contributed by atoms with Crippen LogP contribution >= 0.6 is 11.6 Å². The zero-order valence-corrected chi connectivity index (χ0v) is 9.01. The van der Waals surface area contributed by atoms with Crippen LogP contribution in [0.1, 0.15) is 18.4 Å². The minimum atomic E-state index is 0.326. The maximum Gasteiger partial charge on any atom is 0.148 e. The van der Waals surface area contributed by atoms with E-state index in [2.05, 4.69) is 15.5 Å². The van der Waals surface area contributed by atoms with Crippen LogP contribution in [0.4, 0.5) is 5.82 Å². The Bertz CT molecular complexity index is 323. The van der Waals surface area contributed by atoms with E-state index in [1.165, 1.54) is 12.8 Å². The van der Waals surface area contributed by atoms with Gasteiger partial charge in [-0.25, -0.2) is 0 Å². The Labute approximate surface area is 88.9 Å². The summed E-state index contributed by atoms with van der Waals surface area (Å²) in [6.07, 6.45) is 4.20. The van der Waals surface area contributed by atoms with Crippen molar-refractivity contribution < 1.29 is 0 Å². The molecule has 1 saturated carbocycles. The fraction of sp³-hybridized carbons (Fsp3) is 0.600. The molecule has 0 aliphatic heterocycles. The lowest BCUT2D eigenvalue weighted by atomic mass is 10.1. The molecule has 1 heterocycles. The van der Waals surface area contributed by atoms with Crippen LogP contribution in [0.5, 0.6) is 0 Å². The molecule has 1 aliphatic rings. The predicted octanol–water partition coefficient (Wildman–Crippen LogP) is 2.22. The van der Waals surface area contributed by atoms with Crippen molar-refractivity contribution in [3.05, 3.63) is 17.8 Å². The summed E-state index contributed by atoms with van der Waals surface area (Å²) in [4.78, 5) is 0. The first-order valence-corrected chi connectivity index (χ1v) is 5.37. The van der Waals surface area contributed by atoms with Crippen LogP contribution in [0.2, 0.25) is 0 Å². The van der Waals surface area contributed by atoms with Gasteiger partial charge >= 0.3 is 0 Å². The number of aryl methyl sites for hydroxylation is 1. The lowest BCUT2D eigenvalue weighted by Crippen LogP contribution is -2.17. The highest BCUT2D eigenvalue weighted by molar-refractivity contribution is 6.18. The van der Waals surface area contributed by atoms with E-state index in [-0.39, 0.29) is 0 Å². The van der Waals surface area contributed by atoms with Gasteiger partial charge in [0.25, 0.3) is 0 Å². The number of aromatic nitrogens is 2. The monoisotopic (exact) mass is 211 g/mol. The van der Waals surface area contributed by atoms with Gasteiger partial charge < -0.3 is 5.32 Å². The topological polar surface area (TPSA) is 37.8 Å². The molecular formula is C10H14ClN3. The Hall–Kier alpha value is -0.830. The minimum absolute atomic E-state index is 0.326. The third kappa shape index (κ3) is 2.15. The molecule has 0 saturated heterocycles. The van der Waals surface area contributed by atoms with E-state index in [1.54, 1.807) is 6.20 Å². The first-order valence-electron chi connectivity index (χ1n) is 4.83. The van der Waals surface area contributed by atoms with Crippen LogP contribution in [-0.2, 0) is 0 Å². The molecule has 0 amide bonds. The van der Waals surface area contributed by atoms with Crippen LogP contribution in [0.3, 0.4) is 0 Å². The van der Waals surface area contributed by atoms with Gasteiger partial charge in [0, 0.05) is 17.8 Å². The largest absolute Gasteiger partial charge is 0.368 e. The second-order valence-electron chi connectivity index (χ2n) is 4.11. The molecule has 1 N–H and O–H groups in total. The fourth-order valence-electron chi connectivity index (χ4n) is 1.36. The van der Waals surface area contributed by atoms with Crippen LogP contribution in [-0.4, -0.2) is 22.6 Å². The van der Waals surface area contributed by atoms with E-state index in [4.69, 9.17) is 11.6 Å². The normalized spacial score (nSPS) is 17.9. The molecule has 4 heteroatoms. The van der Waals surface area contributed by atoms with Gasteiger partial charge in [-0.1, -0.05) is 0 Å². The molecule has 0 unspecified atom stereocenters. The highest BCUT2D eigenvalue weighted by atomic mass is 35.5. The van der Waals surface area contributed by atoms with Crippen molar-refractivity contribution in [2.75, 3.05) is 17.7 Å². The van der Waals surface area contributed by atoms with Crippen molar-refractivity contribution >= 4 is 17.4 Å². The van der Waals surface area contributed by atoms with E-state index < -0.39 is 0 Å². The second-order valence-corrected chi connectivity index (χ2v) is 4.37. The molecule has 14 heavy (non-hydrogen) atoms. The standard InChI is InChI=1S/C10H14ClN3/c1-8-4-9(14-13-5-8)12-7-10(6-11)2-3-10/h4-5H,2-3,6-7H2,1H3,(H,12,14). The van der Waals surface area contributed by atoms with Crippen molar-refractivity contribution in [1.29, 1.82) is 0 Å². The highest BCUT2D eigenvalue weighted by Gasteiger charge is 2.41. The van der Waals surface area contributed by atoms with E-state index in [9.17, 15) is 0 Å². The van der Waals surface area contributed by atoms with Gasteiger partial charge in [-0.05, 0) is 31.4 Å². The van der Waals surface area contributed by atoms with Crippen LogP contribution in [0.25, 0.3) is 0 Å². The Morgan fingerprint density at radius 1 is 1.57 bits per heavy atom. The molecule has 1 aliphatic carbocycles. The SMILES string of the molecule is Cc1cnnc(NCC2(CCl)CC2)c1. The Morgan fingerprint density at radius 2 is 2.36 bits per heavy atom. The third-order valence-corrected chi connectivity index (χ3v) is 3.24. The van der Waals surface area contributed by atoms with Crippen molar-refractivity contribution in [3.63, 3.8) is 0 Å². The van der Waals surface area contributed by atoms with Gasteiger partial charge in [-0.2, -0.15) is 5.10 Å². The lowest BCUT2D eigenvalue weighted by Gasteiger charge is -2.12. The zero-order valence-electron chi connectivity index (χ0n) is 8.26. The van der Waals surface area contributed by atoms with Crippen molar-refractivity contribution in [2.24, 2.45) is 5.41 Å². The maximum absolute atomic E-state index is 5.88. The highest BCUT2D eigenvalue weighted by Crippen LogP contribution is 2.46. The number of anilines is 1. The van der Waals surface area contributed by atoms with Gasteiger partial charge in [0.1, 0.15) is 5.82 Å². The summed E-state index contributed by atoms with van der Waals surface area (Å²) in [6.45, 7) is 2.92. The number of halogens is 1. The molecule has 0 atom stereocenters. The average Bonchev–Trinajstić information content (AvgIpc) is 2.96. The predicted molar refractivity (Wildman–Crippen MR) is 57.6 cm³/mol. The molecule has 1 aromatic rings. The van der Waals surface area contributed by atoms with E-state index >= 15 is 0 Å². The molecule has 3 nitrogen and oxygen atoms in total. The van der Waals surface area contributed by atoms with Gasteiger partial charge in [0.2, 0.25) is 0 Å². The van der Waals surface area contributed by atoms with Crippen LogP contribution < -0.4 is 5.32 Å². The number of hydrogen-bond acceptors (Lipinski definition) is 3. The quantitative estimate of drug-likeness (QED) is 0.777. The van der Waals surface area contributed by atoms with Crippen LogP contribution in [0, 0.1) is 12.3 Å². The summed E-state index contributed by atoms with van der Waals surface area (Å²) in [5.74, 6) is 1.58.